The molecule has 0 bridgehead atoms. The minimum atomic E-state index is 1.10. The summed E-state index contributed by atoms with van der Waals surface area (Å²) in [6.45, 7) is 0. The van der Waals surface area contributed by atoms with Crippen LogP contribution in [0, 0.1) is 0 Å². The second kappa shape index (κ2) is 1.68. The zero-order valence-corrected chi connectivity index (χ0v) is 6.43. The lowest BCUT2D eigenvalue weighted by molar-refractivity contribution is 1.48. The molecule has 0 atom stereocenters. The second-order valence-corrected chi connectivity index (χ2v) is 3.45. The summed E-state index contributed by atoms with van der Waals surface area (Å²) in [5.41, 5.74) is 2.29. The molecule has 3 rings (SSSR count). The third-order valence-electron chi connectivity index (χ3n) is 1.79. The lowest BCUT2D eigenvalue weighted by atomic mass is 10.3. The SMILES string of the molecule is C1=Cc2c3c(sc2=N1)=CC=N3. The molecule has 2 aliphatic rings. The van der Waals surface area contributed by atoms with Crippen LogP contribution in [0.3, 0.4) is 0 Å². The maximum Gasteiger partial charge on any atom is 0.126 e. The Morgan fingerprint density at radius 3 is 3.36 bits per heavy atom. The molecule has 0 unspecified atom stereocenters. The standard InChI is InChI=1S/C8H4N2S/c1-3-10-8-5(1)7-6(11-8)2-4-9-7/h1-4H. The third kappa shape index (κ3) is 0.563. The third-order valence-corrected chi connectivity index (χ3v) is 2.86. The summed E-state index contributed by atoms with van der Waals surface area (Å²) >= 11 is 1.70. The van der Waals surface area contributed by atoms with E-state index in [0.29, 0.717) is 0 Å². The Kier molecular flexibility index (Phi) is 0.830. The van der Waals surface area contributed by atoms with Crippen LogP contribution in [0.15, 0.2) is 16.2 Å². The van der Waals surface area contributed by atoms with Crippen molar-refractivity contribution in [2.75, 3.05) is 0 Å². The fourth-order valence-corrected chi connectivity index (χ4v) is 2.28. The first-order chi connectivity index (χ1) is 5.45. The molecule has 0 saturated heterocycles. The minimum absolute atomic E-state index is 1.10. The summed E-state index contributed by atoms with van der Waals surface area (Å²) in [5.74, 6) is 0. The Labute approximate surface area is 66.9 Å². The first-order valence-electron chi connectivity index (χ1n) is 3.37. The number of nitrogens with zero attached hydrogens (tertiary/aromatic N) is 2. The highest BCUT2D eigenvalue weighted by atomic mass is 32.1. The smallest absolute Gasteiger partial charge is 0.126 e. The fourth-order valence-electron chi connectivity index (χ4n) is 1.29. The largest absolute Gasteiger partial charge is 0.255 e. The molecular formula is C8H4N2S. The Hall–Kier alpha value is -1.22. The van der Waals surface area contributed by atoms with Crippen LogP contribution in [-0.4, -0.2) is 6.21 Å². The molecule has 0 aromatic carbocycles. The molecule has 3 heterocycles. The number of rotatable bonds is 0. The van der Waals surface area contributed by atoms with Gasteiger partial charge in [0.15, 0.2) is 0 Å². The van der Waals surface area contributed by atoms with Crippen LogP contribution in [0.25, 0.3) is 12.2 Å². The van der Waals surface area contributed by atoms with Crippen molar-refractivity contribution < 1.29 is 0 Å². The number of aliphatic imine (C=N–C) groups is 1. The fraction of sp³-hybridized carbons (Fsp3) is 0. The molecule has 0 saturated carbocycles. The van der Waals surface area contributed by atoms with E-state index in [1.54, 1.807) is 11.3 Å². The van der Waals surface area contributed by atoms with Crippen LogP contribution in [0.4, 0.5) is 5.69 Å². The molecule has 52 valence electrons. The normalized spacial score (nSPS) is 16.0. The zero-order valence-electron chi connectivity index (χ0n) is 5.61. The van der Waals surface area contributed by atoms with E-state index in [-0.39, 0.29) is 0 Å². The number of hydrogen-bond donors (Lipinski definition) is 0. The van der Waals surface area contributed by atoms with Gasteiger partial charge in [0, 0.05) is 18.0 Å². The molecular weight excluding hydrogens is 156 g/mol. The van der Waals surface area contributed by atoms with Crippen LogP contribution in [-0.2, 0) is 0 Å². The van der Waals surface area contributed by atoms with Gasteiger partial charge in [0.1, 0.15) is 4.67 Å². The van der Waals surface area contributed by atoms with Crippen molar-refractivity contribution >= 4 is 35.4 Å². The predicted molar refractivity (Wildman–Crippen MR) is 46.8 cm³/mol. The summed E-state index contributed by atoms with van der Waals surface area (Å²) < 4.78 is 2.34. The lowest BCUT2D eigenvalue weighted by Gasteiger charge is -1.82. The monoisotopic (exact) mass is 160 g/mol. The van der Waals surface area contributed by atoms with E-state index in [2.05, 4.69) is 9.98 Å². The topological polar surface area (TPSA) is 24.7 Å². The highest BCUT2D eigenvalue weighted by molar-refractivity contribution is 7.08. The van der Waals surface area contributed by atoms with E-state index >= 15 is 0 Å². The van der Waals surface area contributed by atoms with Gasteiger partial charge in [-0.3, -0.25) is 4.99 Å². The molecule has 11 heavy (non-hydrogen) atoms. The van der Waals surface area contributed by atoms with E-state index in [0.717, 1.165) is 10.4 Å². The van der Waals surface area contributed by atoms with Crippen LogP contribution in [0.2, 0.25) is 0 Å². The van der Waals surface area contributed by atoms with Gasteiger partial charge in [0.05, 0.1) is 10.2 Å². The molecule has 2 aliphatic heterocycles. The van der Waals surface area contributed by atoms with E-state index in [9.17, 15) is 0 Å². The summed E-state index contributed by atoms with van der Waals surface area (Å²) in [5, 5.41) is 0. The zero-order chi connectivity index (χ0) is 7.26. The van der Waals surface area contributed by atoms with Crippen molar-refractivity contribution in [3.05, 3.63) is 21.0 Å². The average Bonchev–Trinajstić information content (AvgIpc) is 2.52. The molecule has 0 fully saturated rings. The van der Waals surface area contributed by atoms with Gasteiger partial charge in [-0.05, 0) is 12.2 Å². The van der Waals surface area contributed by atoms with Crippen molar-refractivity contribution in [2.45, 2.75) is 0 Å². The van der Waals surface area contributed by atoms with E-state index < -0.39 is 0 Å². The van der Waals surface area contributed by atoms with Crippen LogP contribution in [0.1, 0.15) is 5.56 Å². The summed E-state index contributed by atoms with van der Waals surface area (Å²) in [7, 11) is 0. The first kappa shape index (κ1) is 5.43. The van der Waals surface area contributed by atoms with Gasteiger partial charge >= 0.3 is 0 Å². The van der Waals surface area contributed by atoms with E-state index in [4.69, 9.17) is 0 Å². The molecule has 0 amide bonds. The predicted octanol–water partition coefficient (Wildman–Crippen LogP) is 0.848. The Balaban J connectivity index is 2.60. The highest BCUT2D eigenvalue weighted by Crippen LogP contribution is 2.19. The lowest BCUT2D eigenvalue weighted by Crippen LogP contribution is -1.91. The molecule has 2 nitrogen and oxygen atoms in total. The Morgan fingerprint density at radius 1 is 1.36 bits per heavy atom. The maximum absolute atomic E-state index is 4.25. The average molecular weight is 160 g/mol. The van der Waals surface area contributed by atoms with Crippen molar-refractivity contribution in [3.63, 3.8) is 0 Å². The molecule has 1 aromatic rings. The van der Waals surface area contributed by atoms with Crippen molar-refractivity contribution in [1.29, 1.82) is 0 Å². The van der Waals surface area contributed by atoms with Gasteiger partial charge in [0.25, 0.3) is 0 Å². The van der Waals surface area contributed by atoms with Gasteiger partial charge in [-0.15, -0.1) is 11.3 Å². The van der Waals surface area contributed by atoms with Gasteiger partial charge < -0.3 is 0 Å². The molecule has 3 heteroatoms. The maximum atomic E-state index is 4.25. The Bertz CT molecular complexity index is 446. The van der Waals surface area contributed by atoms with E-state index in [1.807, 2.05) is 24.6 Å². The van der Waals surface area contributed by atoms with Gasteiger partial charge in [-0.1, -0.05) is 0 Å². The molecule has 0 spiro atoms. The highest BCUT2D eigenvalue weighted by Gasteiger charge is 2.11. The second-order valence-electron chi connectivity index (χ2n) is 2.42. The molecule has 0 radical (unpaired) electrons. The van der Waals surface area contributed by atoms with Gasteiger partial charge in [-0.2, -0.15) is 0 Å². The van der Waals surface area contributed by atoms with Crippen molar-refractivity contribution in [1.82, 2.24) is 0 Å². The molecule has 0 aliphatic carbocycles. The first-order valence-corrected chi connectivity index (χ1v) is 4.18. The summed E-state index contributed by atoms with van der Waals surface area (Å²) in [6, 6.07) is 0. The number of fused-ring (bicyclic) bond motifs is 3. The van der Waals surface area contributed by atoms with Gasteiger partial charge in [-0.25, -0.2) is 4.99 Å². The summed E-state index contributed by atoms with van der Waals surface area (Å²) in [6.07, 6.45) is 7.71. The number of thiophene rings is 1. The van der Waals surface area contributed by atoms with Crippen molar-refractivity contribution in [2.24, 2.45) is 9.98 Å². The number of hydrogen-bond acceptors (Lipinski definition) is 3. The van der Waals surface area contributed by atoms with Crippen LogP contribution in [0.5, 0.6) is 0 Å². The van der Waals surface area contributed by atoms with Crippen LogP contribution >= 0.6 is 11.3 Å². The van der Waals surface area contributed by atoms with Crippen molar-refractivity contribution in [3.8, 4) is 0 Å². The summed E-state index contributed by atoms with van der Waals surface area (Å²) in [4.78, 5) is 8.46. The van der Waals surface area contributed by atoms with Crippen LogP contribution < -0.4 is 9.20 Å². The van der Waals surface area contributed by atoms with Gasteiger partial charge in [0.2, 0.25) is 0 Å². The Morgan fingerprint density at radius 2 is 2.36 bits per heavy atom. The quantitative estimate of drug-likeness (QED) is 0.537. The minimum Gasteiger partial charge on any atom is -0.255 e. The van der Waals surface area contributed by atoms with E-state index in [1.165, 1.54) is 10.1 Å². The molecule has 0 N–H and O–H groups in total. The molecule has 1 aromatic heterocycles.